The summed E-state index contributed by atoms with van der Waals surface area (Å²) in [6.45, 7) is 5.03. The molecular weight excluding hydrogens is 294 g/mol. The summed E-state index contributed by atoms with van der Waals surface area (Å²) in [6.07, 6.45) is 0.243. The van der Waals surface area contributed by atoms with Gasteiger partial charge in [-0.05, 0) is 44.9 Å². The van der Waals surface area contributed by atoms with E-state index in [1.54, 1.807) is 45.0 Å². The Balaban J connectivity index is 2.82. The molecule has 1 aromatic rings. The van der Waals surface area contributed by atoms with Crippen LogP contribution in [0.1, 0.15) is 26.3 Å². The number of aliphatic carboxylic acids is 1. The van der Waals surface area contributed by atoms with Gasteiger partial charge in [0.25, 0.3) is 0 Å². The van der Waals surface area contributed by atoms with Crippen molar-refractivity contribution in [2.24, 2.45) is 11.7 Å². The van der Waals surface area contributed by atoms with Gasteiger partial charge in [0, 0.05) is 11.1 Å². The number of rotatable bonds is 5. The lowest BCUT2D eigenvalue weighted by atomic mass is 9.94. The van der Waals surface area contributed by atoms with E-state index >= 15 is 0 Å². The van der Waals surface area contributed by atoms with Gasteiger partial charge in [-0.1, -0.05) is 23.7 Å². The molecule has 0 aliphatic rings. The summed E-state index contributed by atoms with van der Waals surface area (Å²) >= 11 is 5.78. The Morgan fingerprint density at radius 2 is 1.81 bits per heavy atom. The summed E-state index contributed by atoms with van der Waals surface area (Å²) in [5.41, 5.74) is 5.94. The number of benzene rings is 1. The number of carbonyl (C=O) groups is 2. The summed E-state index contributed by atoms with van der Waals surface area (Å²) in [5, 5.41) is 9.81. The van der Waals surface area contributed by atoms with Gasteiger partial charge in [0.2, 0.25) is 0 Å². The Labute approximate surface area is 129 Å². The van der Waals surface area contributed by atoms with Crippen molar-refractivity contribution < 1.29 is 19.4 Å². The van der Waals surface area contributed by atoms with Crippen molar-refractivity contribution >= 4 is 23.5 Å². The van der Waals surface area contributed by atoms with Crippen molar-refractivity contribution in [1.82, 2.24) is 0 Å². The summed E-state index contributed by atoms with van der Waals surface area (Å²) in [7, 11) is 0. The first-order valence-electron chi connectivity index (χ1n) is 6.56. The molecule has 0 fully saturated rings. The Morgan fingerprint density at radius 1 is 1.29 bits per heavy atom. The predicted octanol–water partition coefficient (Wildman–Crippen LogP) is 2.25. The SMILES string of the molecule is CC(C)(C)OC(=O)[C@@H](C(=O)O)[C@H](N)Cc1ccc(Cl)cc1. The number of carboxylic acid groups (broad SMARTS) is 1. The Hall–Kier alpha value is -1.59. The smallest absolute Gasteiger partial charge is 0.322 e. The van der Waals surface area contributed by atoms with Crippen molar-refractivity contribution in [3.8, 4) is 0 Å². The van der Waals surface area contributed by atoms with E-state index in [9.17, 15) is 14.7 Å². The molecule has 21 heavy (non-hydrogen) atoms. The van der Waals surface area contributed by atoms with Crippen LogP contribution in [0.5, 0.6) is 0 Å². The van der Waals surface area contributed by atoms with Gasteiger partial charge in [0.1, 0.15) is 5.60 Å². The highest BCUT2D eigenvalue weighted by Crippen LogP contribution is 2.17. The summed E-state index contributed by atoms with van der Waals surface area (Å²) in [4.78, 5) is 23.3. The van der Waals surface area contributed by atoms with Gasteiger partial charge in [0.15, 0.2) is 5.92 Å². The standard InChI is InChI=1S/C15H20ClNO4/c1-15(2,3)21-14(20)12(13(18)19)11(17)8-9-4-6-10(16)7-5-9/h4-7,11-12H,8,17H2,1-3H3,(H,18,19)/t11-,12-/m1/s1. The molecule has 0 amide bonds. The Bertz CT molecular complexity index is 507. The second kappa shape index (κ2) is 6.91. The van der Waals surface area contributed by atoms with E-state index in [0.717, 1.165) is 5.56 Å². The molecule has 6 heteroatoms. The van der Waals surface area contributed by atoms with Crippen LogP contribution in [0.4, 0.5) is 0 Å². The molecule has 0 saturated heterocycles. The van der Waals surface area contributed by atoms with Gasteiger partial charge in [-0.2, -0.15) is 0 Å². The van der Waals surface area contributed by atoms with E-state index in [-0.39, 0.29) is 6.42 Å². The molecule has 3 N–H and O–H groups in total. The van der Waals surface area contributed by atoms with Crippen LogP contribution in [0, 0.1) is 5.92 Å². The molecule has 0 aliphatic heterocycles. The molecule has 0 aliphatic carbocycles. The number of hydrogen-bond donors (Lipinski definition) is 2. The monoisotopic (exact) mass is 313 g/mol. The zero-order valence-electron chi connectivity index (χ0n) is 12.3. The van der Waals surface area contributed by atoms with E-state index in [4.69, 9.17) is 22.1 Å². The zero-order valence-corrected chi connectivity index (χ0v) is 13.1. The molecule has 0 saturated carbocycles. The van der Waals surface area contributed by atoms with Crippen LogP contribution in [0.3, 0.4) is 0 Å². The van der Waals surface area contributed by atoms with Crippen LogP contribution < -0.4 is 5.73 Å². The van der Waals surface area contributed by atoms with Crippen LogP contribution in [0.15, 0.2) is 24.3 Å². The molecule has 0 spiro atoms. The van der Waals surface area contributed by atoms with Crippen molar-refractivity contribution in [2.45, 2.75) is 38.8 Å². The van der Waals surface area contributed by atoms with Crippen molar-refractivity contribution in [1.29, 1.82) is 0 Å². The molecule has 0 bridgehead atoms. The van der Waals surface area contributed by atoms with Gasteiger partial charge in [-0.25, -0.2) is 0 Å². The van der Waals surface area contributed by atoms with E-state index in [1.807, 2.05) is 0 Å². The van der Waals surface area contributed by atoms with Crippen LogP contribution in [-0.4, -0.2) is 28.7 Å². The maximum atomic E-state index is 12.0. The molecular formula is C15H20ClNO4. The van der Waals surface area contributed by atoms with Crippen LogP contribution in [0.25, 0.3) is 0 Å². The third-order valence-corrected chi connectivity index (χ3v) is 2.99. The summed E-state index contributed by atoms with van der Waals surface area (Å²) in [5.74, 6) is -3.51. The van der Waals surface area contributed by atoms with Gasteiger partial charge in [-0.15, -0.1) is 0 Å². The highest BCUT2D eigenvalue weighted by atomic mass is 35.5. The number of carboxylic acids is 1. The van der Waals surface area contributed by atoms with Crippen molar-refractivity contribution in [3.63, 3.8) is 0 Å². The number of nitrogens with two attached hydrogens (primary N) is 1. The van der Waals surface area contributed by atoms with E-state index in [0.29, 0.717) is 5.02 Å². The highest BCUT2D eigenvalue weighted by molar-refractivity contribution is 6.30. The second-order valence-corrected chi connectivity index (χ2v) is 6.28. The van der Waals surface area contributed by atoms with Crippen molar-refractivity contribution in [3.05, 3.63) is 34.9 Å². The third kappa shape index (κ3) is 5.73. The van der Waals surface area contributed by atoms with E-state index in [2.05, 4.69) is 0 Å². The van der Waals surface area contributed by atoms with Crippen molar-refractivity contribution in [2.75, 3.05) is 0 Å². The topological polar surface area (TPSA) is 89.6 Å². The molecule has 1 rings (SSSR count). The summed E-state index contributed by atoms with van der Waals surface area (Å²) in [6, 6.07) is 5.99. The zero-order chi connectivity index (χ0) is 16.2. The number of esters is 1. The fourth-order valence-corrected chi connectivity index (χ4v) is 1.96. The first-order valence-corrected chi connectivity index (χ1v) is 6.93. The number of halogens is 1. The van der Waals surface area contributed by atoms with Gasteiger partial charge < -0.3 is 15.6 Å². The Morgan fingerprint density at radius 3 is 2.24 bits per heavy atom. The fraction of sp³-hybridized carbons (Fsp3) is 0.467. The van der Waals surface area contributed by atoms with Gasteiger partial charge in [0.05, 0.1) is 0 Å². The summed E-state index contributed by atoms with van der Waals surface area (Å²) < 4.78 is 5.12. The molecule has 5 nitrogen and oxygen atoms in total. The minimum Gasteiger partial charge on any atom is -0.481 e. The average Bonchev–Trinajstić information content (AvgIpc) is 2.29. The minimum atomic E-state index is -1.40. The molecule has 2 atom stereocenters. The van der Waals surface area contributed by atoms with Gasteiger partial charge in [-0.3, -0.25) is 9.59 Å². The third-order valence-electron chi connectivity index (χ3n) is 2.74. The molecule has 116 valence electrons. The first-order chi connectivity index (χ1) is 9.60. The minimum absolute atomic E-state index is 0.243. The largest absolute Gasteiger partial charge is 0.481 e. The second-order valence-electron chi connectivity index (χ2n) is 5.84. The Kier molecular flexibility index (Phi) is 5.75. The molecule has 0 heterocycles. The maximum Gasteiger partial charge on any atom is 0.322 e. The maximum absolute atomic E-state index is 12.0. The highest BCUT2D eigenvalue weighted by Gasteiger charge is 2.36. The average molecular weight is 314 g/mol. The number of carbonyl (C=O) groups excluding carboxylic acids is 1. The fourth-order valence-electron chi connectivity index (χ4n) is 1.83. The quantitative estimate of drug-likeness (QED) is 0.643. The molecule has 0 aromatic heterocycles. The lowest BCUT2D eigenvalue weighted by molar-refractivity contribution is -0.167. The van der Waals surface area contributed by atoms with E-state index < -0.39 is 29.5 Å². The van der Waals surface area contributed by atoms with Crippen LogP contribution in [-0.2, 0) is 20.7 Å². The lowest BCUT2D eigenvalue weighted by Gasteiger charge is -2.25. The predicted molar refractivity (Wildman–Crippen MR) is 80.1 cm³/mol. The van der Waals surface area contributed by atoms with E-state index in [1.165, 1.54) is 0 Å². The first kappa shape index (κ1) is 17.5. The normalized spacial score (nSPS) is 14.3. The molecule has 1 aromatic carbocycles. The molecule has 0 unspecified atom stereocenters. The number of hydrogen-bond acceptors (Lipinski definition) is 4. The van der Waals surface area contributed by atoms with Crippen LogP contribution in [0.2, 0.25) is 5.02 Å². The van der Waals surface area contributed by atoms with Gasteiger partial charge >= 0.3 is 11.9 Å². The number of ether oxygens (including phenoxy) is 1. The molecule has 0 radical (unpaired) electrons. The lowest BCUT2D eigenvalue weighted by Crippen LogP contribution is -2.45. The van der Waals surface area contributed by atoms with Crippen LogP contribution >= 0.6 is 11.6 Å².